The van der Waals surface area contributed by atoms with Gasteiger partial charge in [0.05, 0.1) is 0 Å². The molecule has 0 saturated heterocycles. The summed E-state index contributed by atoms with van der Waals surface area (Å²) in [6.07, 6.45) is 4.58. The van der Waals surface area contributed by atoms with Gasteiger partial charge in [0.25, 0.3) is 0 Å². The Balaban J connectivity index is 2.13. The van der Waals surface area contributed by atoms with Gasteiger partial charge in [0.2, 0.25) is 0 Å². The molecule has 0 heterocycles. The third-order valence-electron chi connectivity index (χ3n) is 2.24. The normalized spacial score (nSPS) is 23.2. The molecule has 0 spiro atoms. The van der Waals surface area contributed by atoms with Gasteiger partial charge >= 0.3 is 85.3 Å². The predicted octanol–water partition coefficient (Wildman–Crippen LogP) is 2.02. The number of ketones is 2. The van der Waals surface area contributed by atoms with Crippen molar-refractivity contribution >= 4 is 26.5 Å². The molecule has 0 aromatic heterocycles. The van der Waals surface area contributed by atoms with E-state index in [0.29, 0.717) is 32.0 Å². The van der Waals surface area contributed by atoms with E-state index in [-0.39, 0.29) is 5.78 Å². The summed E-state index contributed by atoms with van der Waals surface area (Å²) in [5, 5.41) is 1.03. The molecular weight excluding hydrogens is 231 g/mol. The van der Waals surface area contributed by atoms with Gasteiger partial charge in [-0.3, -0.25) is 0 Å². The number of rotatable bonds is 4. The first-order valence-electron chi connectivity index (χ1n) is 4.81. The number of hydrogen-bond donors (Lipinski definition) is 0. The first kappa shape index (κ1) is 10.9. The molecule has 0 amide bonds. The molecule has 1 atom stereocenters. The minimum atomic E-state index is 0.281. The quantitative estimate of drug-likeness (QED) is 0.712. The Bertz CT molecular complexity index is 201. The van der Waals surface area contributed by atoms with Gasteiger partial charge in [0.15, 0.2) is 0 Å². The van der Waals surface area contributed by atoms with Crippen LogP contribution in [0.4, 0.5) is 0 Å². The molecule has 1 rings (SSSR count). The van der Waals surface area contributed by atoms with Crippen LogP contribution in [-0.2, 0) is 9.59 Å². The van der Waals surface area contributed by atoms with Gasteiger partial charge in [-0.1, -0.05) is 0 Å². The van der Waals surface area contributed by atoms with E-state index in [1.807, 2.05) is 0 Å². The van der Waals surface area contributed by atoms with Crippen molar-refractivity contribution in [2.75, 3.05) is 0 Å². The fraction of sp³-hybridized carbons (Fsp3) is 0.800. The molecule has 0 radical (unpaired) electrons. The summed E-state index contributed by atoms with van der Waals surface area (Å²) < 4.78 is 0. The predicted molar refractivity (Wildman–Crippen MR) is 53.1 cm³/mol. The molecule has 1 fully saturated rings. The van der Waals surface area contributed by atoms with Crippen LogP contribution in [0.2, 0.25) is 10.1 Å². The van der Waals surface area contributed by atoms with E-state index in [9.17, 15) is 9.59 Å². The molecule has 1 saturated carbocycles. The average Bonchev–Trinajstić information content (AvgIpc) is 2.03. The molecular formula is C10H16O2Se. The SMILES string of the molecule is CC(=O)CC[Se]C1CCCC(=O)C1. The third kappa shape index (κ3) is 4.58. The van der Waals surface area contributed by atoms with E-state index in [2.05, 4.69) is 0 Å². The first-order valence-corrected chi connectivity index (χ1v) is 7.01. The Morgan fingerprint density at radius 3 is 3.00 bits per heavy atom. The second kappa shape index (κ2) is 5.56. The zero-order valence-corrected chi connectivity index (χ0v) is 9.76. The third-order valence-corrected chi connectivity index (χ3v) is 5.00. The summed E-state index contributed by atoms with van der Waals surface area (Å²) in [7, 11) is 0. The molecule has 0 N–H and O–H groups in total. The molecule has 0 aromatic carbocycles. The molecule has 74 valence electrons. The molecule has 1 aliphatic rings. The topological polar surface area (TPSA) is 34.1 Å². The monoisotopic (exact) mass is 248 g/mol. The standard InChI is InChI=1S/C10H16O2Se/c1-8(11)5-6-13-10-4-2-3-9(12)7-10/h10H,2-7H2,1H3. The van der Waals surface area contributed by atoms with E-state index in [4.69, 9.17) is 0 Å². The van der Waals surface area contributed by atoms with Crippen LogP contribution in [0, 0.1) is 0 Å². The zero-order chi connectivity index (χ0) is 9.68. The second-order valence-corrected chi connectivity index (χ2v) is 6.53. The van der Waals surface area contributed by atoms with Crippen molar-refractivity contribution in [1.29, 1.82) is 0 Å². The maximum atomic E-state index is 11.1. The average molecular weight is 247 g/mol. The molecule has 0 aliphatic heterocycles. The number of carbonyl (C=O) groups is 2. The van der Waals surface area contributed by atoms with Crippen molar-refractivity contribution in [3.05, 3.63) is 0 Å². The molecule has 0 aromatic rings. The van der Waals surface area contributed by atoms with Gasteiger partial charge < -0.3 is 0 Å². The zero-order valence-electron chi connectivity index (χ0n) is 8.04. The Labute approximate surface area is 85.6 Å². The van der Waals surface area contributed by atoms with Crippen molar-refractivity contribution < 1.29 is 9.59 Å². The summed E-state index contributed by atoms with van der Waals surface area (Å²) >= 11 is 0.516. The summed E-state index contributed by atoms with van der Waals surface area (Å²) in [5.41, 5.74) is 0. The molecule has 1 aliphatic carbocycles. The van der Waals surface area contributed by atoms with Crippen LogP contribution in [0.1, 0.15) is 39.0 Å². The van der Waals surface area contributed by atoms with Crippen LogP contribution in [0.25, 0.3) is 0 Å². The van der Waals surface area contributed by atoms with E-state index in [1.165, 1.54) is 6.42 Å². The van der Waals surface area contributed by atoms with Gasteiger partial charge in [0, 0.05) is 0 Å². The van der Waals surface area contributed by atoms with Crippen LogP contribution >= 0.6 is 0 Å². The Kier molecular flexibility index (Phi) is 4.68. The van der Waals surface area contributed by atoms with Crippen molar-refractivity contribution in [1.82, 2.24) is 0 Å². The minimum absolute atomic E-state index is 0.281. The summed E-state index contributed by atoms with van der Waals surface area (Å²) in [5.74, 6) is 0.713. The van der Waals surface area contributed by atoms with Gasteiger partial charge in [-0.25, -0.2) is 0 Å². The van der Waals surface area contributed by atoms with Crippen molar-refractivity contribution in [2.24, 2.45) is 0 Å². The van der Waals surface area contributed by atoms with E-state index >= 15 is 0 Å². The summed E-state index contributed by atoms with van der Waals surface area (Å²) in [6.45, 7) is 1.64. The van der Waals surface area contributed by atoms with E-state index in [0.717, 1.165) is 24.6 Å². The van der Waals surface area contributed by atoms with Crippen molar-refractivity contribution in [2.45, 2.75) is 49.2 Å². The fourth-order valence-electron chi connectivity index (χ4n) is 1.50. The van der Waals surface area contributed by atoms with Crippen LogP contribution in [0.5, 0.6) is 0 Å². The maximum absolute atomic E-state index is 11.1. The second-order valence-electron chi connectivity index (χ2n) is 3.58. The van der Waals surface area contributed by atoms with E-state index < -0.39 is 0 Å². The van der Waals surface area contributed by atoms with E-state index in [1.54, 1.807) is 6.92 Å². The molecule has 0 bridgehead atoms. The molecule has 1 unspecified atom stereocenters. The molecule has 2 nitrogen and oxygen atoms in total. The van der Waals surface area contributed by atoms with Crippen LogP contribution < -0.4 is 0 Å². The van der Waals surface area contributed by atoms with Gasteiger partial charge in [-0.05, 0) is 0 Å². The molecule has 3 heteroatoms. The van der Waals surface area contributed by atoms with Gasteiger partial charge in [-0.2, -0.15) is 0 Å². The van der Waals surface area contributed by atoms with Crippen LogP contribution in [-0.4, -0.2) is 26.5 Å². The Hall–Kier alpha value is -0.141. The Morgan fingerprint density at radius 1 is 1.62 bits per heavy atom. The number of carbonyl (C=O) groups excluding carboxylic acids is 2. The summed E-state index contributed by atoms with van der Waals surface area (Å²) in [6, 6.07) is 0. The number of hydrogen-bond acceptors (Lipinski definition) is 2. The van der Waals surface area contributed by atoms with Crippen molar-refractivity contribution in [3.8, 4) is 0 Å². The number of Topliss-reactive ketones (excluding diaryl/α,β-unsaturated/α-hetero) is 2. The molecule has 13 heavy (non-hydrogen) atoms. The summed E-state index contributed by atoms with van der Waals surface area (Å²) in [4.78, 5) is 22.4. The first-order chi connectivity index (χ1) is 6.18. The van der Waals surface area contributed by atoms with Crippen molar-refractivity contribution in [3.63, 3.8) is 0 Å². The van der Waals surface area contributed by atoms with Gasteiger partial charge in [-0.15, -0.1) is 0 Å². The van der Waals surface area contributed by atoms with Crippen LogP contribution in [0.15, 0.2) is 0 Å². The fourth-order valence-corrected chi connectivity index (χ4v) is 4.38. The van der Waals surface area contributed by atoms with Crippen LogP contribution in [0.3, 0.4) is 0 Å². The van der Waals surface area contributed by atoms with Gasteiger partial charge in [0.1, 0.15) is 0 Å². The Morgan fingerprint density at radius 2 is 2.38 bits per heavy atom.